The van der Waals surface area contributed by atoms with E-state index < -0.39 is 6.09 Å². The van der Waals surface area contributed by atoms with Crippen LogP contribution in [0.5, 0.6) is 0 Å². The fraction of sp³-hybridized carbons (Fsp3) is 0.273. The van der Waals surface area contributed by atoms with E-state index in [1.54, 1.807) is 24.3 Å². The molecule has 0 atom stereocenters. The van der Waals surface area contributed by atoms with Crippen LogP contribution in [0.2, 0.25) is 0 Å². The molecule has 0 spiro atoms. The predicted octanol–water partition coefficient (Wildman–Crippen LogP) is 1.75. The largest absolute Gasteiger partial charge is 0.445 e. The zero-order valence-corrected chi connectivity index (χ0v) is 8.74. The lowest BCUT2D eigenvalue weighted by Gasteiger charge is -2.04. The lowest BCUT2D eigenvalue weighted by Crippen LogP contribution is -2.18. The van der Waals surface area contributed by atoms with Crippen LogP contribution in [0.1, 0.15) is 22.8 Å². The number of carbonyl (C=O) groups excluding carboxylic acids is 2. The third-order valence-corrected chi connectivity index (χ3v) is 1.93. The average Bonchev–Trinajstić information content (AvgIpc) is 2.26. The Morgan fingerprint density at radius 3 is 2.33 bits per heavy atom. The average molecular weight is 207 g/mol. The van der Waals surface area contributed by atoms with E-state index in [0.717, 1.165) is 5.56 Å². The Morgan fingerprint density at radius 2 is 1.87 bits per heavy atom. The molecule has 0 heterocycles. The van der Waals surface area contributed by atoms with Gasteiger partial charge in [0.05, 0.1) is 0 Å². The summed E-state index contributed by atoms with van der Waals surface area (Å²) in [5.41, 5.74) is 1.50. The highest BCUT2D eigenvalue weighted by molar-refractivity contribution is 5.93. The van der Waals surface area contributed by atoms with Crippen LogP contribution in [-0.4, -0.2) is 18.9 Å². The maximum atomic E-state index is 11.0. The van der Waals surface area contributed by atoms with E-state index in [4.69, 9.17) is 4.74 Å². The summed E-state index contributed by atoms with van der Waals surface area (Å²) in [6.07, 6.45) is -0.467. The van der Waals surface area contributed by atoms with E-state index in [2.05, 4.69) is 5.32 Å². The molecule has 15 heavy (non-hydrogen) atoms. The van der Waals surface area contributed by atoms with Crippen LogP contribution in [0.15, 0.2) is 24.3 Å². The Balaban J connectivity index is 2.57. The zero-order valence-electron chi connectivity index (χ0n) is 8.74. The van der Waals surface area contributed by atoms with E-state index >= 15 is 0 Å². The molecule has 0 unspecified atom stereocenters. The van der Waals surface area contributed by atoms with Crippen LogP contribution in [-0.2, 0) is 11.3 Å². The van der Waals surface area contributed by atoms with E-state index in [9.17, 15) is 9.59 Å². The zero-order chi connectivity index (χ0) is 11.3. The molecular weight excluding hydrogens is 194 g/mol. The summed E-state index contributed by atoms with van der Waals surface area (Å²) in [7, 11) is 1.50. The number of benzene rings is 1. The Morgan fingerprint density at radius 1 is 1.27 bits per heavy atom. The molecule has 1 amide bonds. The van der Waals surface area contributed by atoms with E-state index in [-0.39, 0.29) is 12.4 Å². The van der Waals surface area contributed by atoms with Gasteiger partial charge in [-0.15, -0.1) is 0 Å². The number of ether oxygens (including phenoxy) is 1. The minimum atomic E-state index is -0.467. The van der Waals surface area contributed by atoms with Gasteiger partial charge in [0.2, 0.25) is 0 Å². The predicted molar refractivity (Wildman–Crippen MR) is 55.7 cm³/mol. The van der Waals surface area contributed by atoms with Gasteiger partial charge in [-0.1, -0.05) is 24.3 Å². The molecule has 80 valence electrons. The first-order chi connectivity index (χ1) is 7.13. The van der Waals surface area contributed by atoms with Crippen molar-refractivity contribution >= 4 is 11.9 Å². The van der Waals surface area contributed by atoms with E-state index in [0.29, 0.717) is 5.56 Å². The third kappa shape index (κ3) is 3.42. The lowest BCUT2D eigenvalue weighted by atomic mass is 10.1. The van der Waals surface area contributed by atoms with Crippen LogP contribution >= 0.6 is 0 Å². The summed E-state index contributed by atoms with van der Waals surface area (Å²) < 4.78 is 4.84. The molecule has 1 N–H and O–H groups in total. The molecule has 1 aromatic carbocycles. The first-order valence-electron chi connectivity index (χ1n) is 4.58. The molecular formula is C11H13NO3. The van der Waals surface area contributed by atoms with E-state index in [1.165, 1.54) is 14.0 Å². The van der Waals surface area contributed by atoms with Crippen LogP contribution < -0.4 is 5.32 Å². The second kappa shape index (κ2) is 5.14. The van der Waals surface area contributed by atoms with Gasteiger partial charge in [-0.05, 0) is 12.5 Å². The molecule has 4 nitrogen and oxygen atoms in total. The number of nitrogens with one attached hydrogen (secondary N) is 1. The number of Topliss-reactive ketones (excluding diaryl/α,β-unsaturated/α-hetero) is 1. The second-order valence-electron chi connectivity index (χ2n) is 3.08. The lowest BCUT2D eigenvalue weighted by molar-refractivity contribution is 0.101. The first kappa shape index (κ1) is 11.2. The van der Waals surface area contributed by atoms with Crippen LogP contribution in [0.25, 0.3) is 0 Å². The smallest absolute Gasteiger partial charge is 0.407 e. The summed E-state index contributed by atoms with van der Waals surface area (Å²) in [6, 6.07) is 6.95. The molecule has 4 heteroatoms. The van der Waals surface area contributed by atoms with Crippen LogP contribution in [0.4, 0.5) is 4.79 Å². The summed E-state index contributed by atoms with van der Waals surface area (Å²) in [4.78, 5) is 21.7. The molecule has 0 aliphatic rings. The van der Waals surface area contributed by atoms with Gasteiger partial charge in [-0.3, -0.25) is 4.79 Å². The number of amides is 1. The highest BCUT2D eigenvalue weighted by atomic mass is 16.5. The topological polar surface area (TPSA) is 55.4 Å². The molecule has 0 saturated carbocycles. The summed E-state index contributed by atoms with van der Waals surface area (Å²) in [6.45, 7) is 1.72. The minimum absolute atomic E-state index is 0.0220. The van der Waals surface area contributed by atoms with Crippen LogP contribution in [0.3, 0.4) is 0 Å². The highest BCUT2D eigenvalue weighted by Gasteiger charge is 2.01. The van der Waals surface area contributed by atoms with Crippen molar-refractivity contribution in [3.05, 3.63) is 35.4 Å². The molecule has 0 bridgehead atoms. The van der Waals surface area contributed by atoms with Crippen LogP contribution in [0, 0.1) is 0 Å². The maximum absolute atomic E-state index is 11.0. The summed E-state index contributed by atoms with van der Waals surface area (Å²) in [5.74, 6) is 0.0220. The van der Waals surface area contributed by atoms with E-state index in [1.807, 2.05) is 0 Å². The van der Waals surface area contributed by atoms with Gasteiger partial charge < -0.3 is 10.1 Å². The van der Waals surface area contributed by atoms with Gasteiger partial charge in [-0.25, -0.2) is 4.79 Å². The van der Waals surface area contributed by atoms with Crippen molar-refractivity contribution < 1.29 is 14.3 Å². The summed E-state index contributed by atoms with van der Waals surface area (Å²) in [5, 5.41) is 2.35. The SMILES string of the molecule is CNC(=O)OCc1ccc(C(C)=O)cc1. The maximum Gasteiger partial charge on any atom is 0.407 e. The number of alkyl carbamates (subject to hydrolysis) is 1. The fourth-order valence-electron chi connectivity index (χ4n) is 1.06. The molecule has 0 radical (unpaired) electrons. The van der Waals surface area contributed by atoms with Gasteiger partial charge >= 0.3 is 6.09 Å². The number of rotatable bonds is 3. The van der Waals surface area contributed by atoms with Gasteiger partial charge in [0.15, 0.2) is 5.78 Å². The van der Waals surface area contributed by atoms with Crippen molar-refractivity contribution in [2.75, 3.05) is 7.05 Å². The van der Waals surface area contributed by atoms with Crippen molar-refractivity contribution in [3.63, 3.8) is 0 Å². The molecule has 0 saturated heterocycles. The molecule has 1 rings (SSSR count). The van der Waals surface area contributed by atoms with Crippen molar-refractivity contribution in [2.24, 2.45) is 0 Å². The Labute approximate surface area is 88.2 Å². The molecule has 0 aliphatic carbocycles. The molecule has 0 fully saturated rings. The van der Waals surface area contributed by atoms with Gasteiger partial charge in [0.1, 0.15) is 6.61 Å². The standard InChI is InChI=1S/C11H13NO3/c1-8(13)10-5-3-9(4-6-10)7-15-11(14)12-2/h3-6H,7H2,1-2H3,(H,12,14). The minimum Gasteiger partial charge on any atom is -0.445 e. The normalized spacial score (nSPS) is 9.47. The monoisotopic (exact) mass is 207 g/mol. The molecule has 0 aliphatic heterocycles. The number of ketones is 1. The van der Waals surface area contributed by atoms with Gasteiger partial charge in [0.25, 0.3) is 0 Å². The molecule has 0 aromatic heterocycles. The van der Waals surface area contributed by atoms with Crippen molar-refractivity contribution in [1.82, 2.24) is 5.32 Å². The van der Waals surface area contributed by atoms with Crippen molar-refractivity contribution in [3.8, 4) is 0 Å². The van der Waals surface area contributed by atoms with Gasteiger partial charge in [0, 0.05) is 12.6 Å². The third-order valence-electron chi connectivity index (χ3n) is 1.93. The quantitative estimate of drug-likeness (QED) is 0.768. The summed E-state index contributed by atoms with van der Waals surface area (Å²) >= 11 is 0. The van der Waals surface area contributed by atoms with Gasteiger partial charge in [-0.2, -0.15) is 0 Å². The fourth-order valence-corrected chi connectivity index (χ4v) is 1.06. The van der Waals surface area contributed by atoms with Crippen molar-refractivity contribution in [2.45, 2.75) is 13.5 Å². The second-order valence-corrected chi connectivity index (χ2v) is 3.08. The first-order valence-corrected chi connectivity index (χ1v) is 4.58. The number of carbonyl (C=O) groups is 2. The molecule has 1 aromatic rings. The highest BCUT2D eigenvalue weighted by Crippen LogP contribution is 2.06. The Hall–Kier alpha value is -1.84. The number of hydrogen-bond acceptors (Lipinski definition) is 3. The Bertz CT molecular complexity index is 357. The number of hydrogen-bond donors (Lipinski definition) is 1. The Kier molecular flexibility index (Phi) is 3.85. The van der Waals surface area contributed by atoms with Crippen molar-refractivity contribution in [1.29, 1.82) is 0 Å².